The highest BCUT2D eigenvalue weighted by Crippen LogP contribution is 2.41. The Morgan fingerprint density at radius 2 is 1.85 bits per heavy atom. The lowest BCUT2D eigenvalue weighted by molar-refractivity contribution is -0.139. The second kappa shape index (κ2) is 9.98. The normalized spacial score (nSPS) is 14.6. The molecule has 170 valence electrons. The smallest absolute Gasteiger partial charge is 0.305 e. The number of carbonyl (C=O) groups is 1. The number of ether oxygens (including phenoxy) is 1. The molecule has 4 rings (SSSR count). The largest absolute Gasteiger partial charge is 0.493 e. The molecule has 0 bridgehead atoms. The Kier molecular flexibility index (Phi) is 6.87. The highest BCUT2D eigenvalue weighted by molar-refractivity contribution is 5.86. The first-order valence-electron chi connectivity index (χ1n) is 11.0. The van der Waals surface area contributed by atoms with E-state index in [2.05, 4.69) is 12.1 Å². The number of aromatic nitrogens is 1. The van der Waals surface area contributed by atoms with E-state index in [0.29, 0.717) is 13.0 Å². The van der Waals surface area contributed by atoms with Crippen molar-refractivity contribution in [2.45, 2.75) is 38.4 Å². The Hall–Kier alpha value is -3.48. The number of aryl methyl sites for hydroxylation is 1. The predicted molar refractivity (Wildman–Crippen MR) is 127 cm³/mol. The highest BCUT2D eigenvalue weighted by Gasteiger charge is 2.23. The van der Waals surface area contributed by atoms with Gasteiger partial charge in [0.05, 0.1) is 30.9 Å². The van der Waals surface area contributed by atoms with Crippen molar-refractivity contribution in [2.75, 3.05) is 6.61 Å². The molecule has 0 saturated heterocycles. The maximum absolute atomic E-state index is 10.8. The summed E-state index contributed by atoms with van der Waals surface area (Å²) in [5.74, 6) is -0.286. The number of aliphatic carboxylic acids is 1. The first-order chi connectivity index (χ1) is 15.9. The van der Waals surface area contributed by atoms with Crippen LogP contribution in [0.5, 0.6) is 5.75 Å². The Morgan fingerprint density at radius 3 is 2.61 bits per heavy atom. The third-order valence-corrected chi connectivity index (χ3v) is 5.75. The molecule has 0 spiro atoms. The molecule has 1 aliphatic rings. The van der Waals surface area contributed by atoms with E-state index in [4.69, 9.17) is 14.8 Å². The van der Waals surface area contributed by atoms with Crippen molar-refractivity contribution in [1.82, 2.24) is 4.98 Å². The molecular weight excluding hydrogens is 418 g/mol. The summed E-state index contributed by atoms with van der Waals surface area (Å²) in [7, 11) is 0. The van der Waals surface area contributed by atoms with Gasteiger partial charge in [-0.15, -0.1) is 0 Å². The van der Waals surface area contributed by atoms with Gasteiger partial charge in [0, 0.05) is 29.7 Å². The second-order valence-electron chi connectivity index (χ2n) is 8.19. The summed E-state index contributed by atoms with van der Waals surface area (Å²) in [6.07, 6.45) is 1.54. The van der Waals surface area contributed by atoms with Gasteiger partial charge in [0.15, 0.2) is 0 Å². The van der Waals surface area contributed by atoms with Crippen LogP contribution in [0.15, 0.2) is 60.7 Å². The number of carboxylic acids is 1. The van der Waals surface area contributed by atoms with Gasteiger partial charge in [-0.1, -0.05) is 54.6 Å². The zero-order valence-electron chi connectivity index (χ0n) is 18.4. The van der Waals surface area contributed by atoms with Crippen LogP contribution in [0, 0.1) is 6.92 Å². The van der Waals surface area contributed by atoms with Crippen molar-refractivity contribution >= 4 is 12.0 Å². The number of fused-ring (bicyclic) bond motifs is 3. The van der Waals surface area contributed by atoms with Crippen LogP contribution in [0.1, 0.15) is 29.7 Å². The summed E-state index contributed by atoms with van der Waals surface area (Å²) in [5.41, 5.74) is 6.69. The number of aliphatic hydroxyl groups excluding tert-OH is 2. The number of aliphatic hydroxyl groups is 2. The molecule has 33 heavy (non-hydrogen) atoms. The molecule has 2 heterocycles. The highest BCUT2D eigenvalue weighted by atomic mass is 16.5. The van der Waals surface area contributed by atoms with E-state index in [1.54, 1.807) is 6.08 Å². The lowest BCUT2D eigenvalue weighted by atomic mass is 9.89. The fraction of sp³-hybridized carbons (Fsp3) is 0.259. The van der Waals surface area contributed by atoms with E-state index in [1.165, 1.54) is 0 Å². The number of nitrogens with zero attached hydrogens (tertiary/aromatic N) is 1. The van der Waals surface area contributed by atoms with E-state index in [9.17, 15) is 15.0 Å². The number of carboxylic acid groups (broad SMARTS) is 1. The Balaban J connectivity index is 1.80. The molecule has 0 aliphatic carbocycles. The minimum absolute atomic E-state index is 0.0535. The molecule has 6 heteroatoms. The van der Waals surface area contributed by atoms with Gasteiger partial charge in [0.1, 0.15) is 5.75 Å². The average Bonchev–Trinajstić information content (AvgIpc) is 2.96. The molecule has 2 atom stereocenters. The fourth-order valence-electron chi connectivity index (χ4n) is 4.26. The molecule has 0 saturated carbocycles. The maximum atomic E-state index is 10.8. The van der Waals surface area contributed by atoms with E-state index in [1.807, 2.05) is 55.5 Å². The quantitative estimate of drug-likeness (QED) is 0.503. The Morgan fingerprint density at radius 1 is 1.12 bits per heavy atom. The van der Waals surface area contributed by atoms with Crippen LogP contribution < -0.4 is 4.74 Å². The summed E-state index contributed by atoms with van der Waals surface area (Å²) in [6, 6.07) is 18.0. The van der Waals surface area contributed by atoms with Crippen molar-refractivity contribution in [3.63, 3.8) is 0 Å². The molecule has 3 aromatic rings. The molecule has 0 amide bonds. The molecule has 0 fully saturated rings. The van der Waals surface area contributed by atoms with Gasteiger partial charge >= 0.3 is 5.97 Å². The van der Waals surface area contributed by atoms with Crippen molar-refractivity contribution in [2.24, 2.45) is 0 Å². The van der Waals surface area contributed by atoms with Gasteiger partial charge < -0.3 is 20.1 Å². The topological polar surface area (TPSA) is 99.9 Å². The summed E-state index contributed by atoms with van der Waals surface area (Å²) >= 11 is 0. The molecule has 0 unspecified atom stereocenters. The van der Waals surface area contributed by atoms with E-state index in [-0.39, 0.29) is 6.42 Å². The molecule has 2 aromatic carbocycles. The van der Waals surface area contributed by atoms with Gasteiger partial charge in [0.2, 0.25) is 0 Å². The van der Waals surface area contributed by atoms with Gasteiger partial charge in [-0.3, -0.25) is 9.78 Å². The lowest BCUT2D eigenvalue weighted by Crippen LogP contribution is -2.19. The molecule has 3 N–H and O–H groups in total. The van der Waals surface area contributed by atoms with Crippen molar-refractivity contribution in [3.8, 4) is 28.1 Å². The molecule has 1 aliphatic heterocycles. The van der Waals surface area contributed by atoms with E-state index < -0.39 is 24.6 Å². The minimum atomic E-state index is -1.12. The maximum Gasteiger partial charge on any atom is 0.305 e. The molecule has 0 radical (unpaired) electrons. The van der Waals surface area contributed by atoms with Crippen molar-refractivity contribution in [3.05, 3.63) is 77.5 Å². The van der Waals surface area contributed by atoms with Crippen LogP contribution >= 0.6 is 0 Å². The van der Waals surface area contributed by atoms with Crippen LogP contribution in [0.2, 0.25) is 0 Å². The number of rotatable bonds is 7. The summed E-state index contributed by atoms with van der Waals surface area (Å²) < 4.78 is 6.00. The van der Waals surface area contributed by atoms with Crippen LogP contribution in [0.25, 0.3) is 28.5 Å². The Labute approximate surface area is 192 Å². The second-order valence-corrected chi connectivity index (χ2v) is 8.19. The summed E-state index contributed by atoms with van der Waals surface area (Å²) in [6.45, 7) is 2.47. The first-order valence-corrected chi connectivity index (χ1v) is 11.0. The van der Waals surface area contributed by atoms with E-state index in [0.717, 1.165) is 45.0 Å². The SMILES string of the molecule is Cc1nc2c(c(-c3ccccc3)c1/C=C/[C@@H](O)C[C@@H](O)CC(=O)O)CCOc1ccccc1-2. The van der Waals surface area contributed by atoms with Gasteiger partial charge in [-0.2, -0.15) is 0 Å². The number of pyridine rings is 1. The monoisotopic (exact) mass is 445 g/mol. The van der Waals surface area contributed by atoms with E-state index >= 15 is 0 Å². The zero-order valence-corrected chi connectivity index (χ0v) is 18.4. The molecule has 1 aromatic heterocycles. The predicted octanol–water partition coefficient (Wildman–Crippen LogP) is 4.26. The first kappa shape index (κ1) is 22.7. The number of hydrogen-bond acceptors (Lipinski definition) is 5. The summed E-state index contributed by atoms with van der Waals surface area (Å²) in [4.78, 5) is 15.7. The average molecular weight is 446 g/mol. The molecular formula is C27H27NO5. The number of para-hydroxylation sites is 1. The van der Waals surface area contributed by atoms with Crippen LogP contribution in [0.4, 0.5) is 0 Å². The van der Waals surface area contributed by atoms with Gasteiger partial charge in [0.25, 0.3) is 0 Å². The number of benzene rings is 2. The standard InChI is InChI=1S/C27H27NO5/c1-17-21(12-11-19(29)15-20(30)16-25(31)32)26(18-7-3-2-4-8-18)23-13-14-33-24-10-6-5-9-22(24)27(23)28-17/h2-12,19-20,29-30H,13-16H2,1H3,(H,31,32)/b12-11+/t19-,20-/m1/s1. The zero-order chi connectivity index (χ0) is 23.4. The van der Waals surface area contributed by atoms with Gasteiger partial charge in [-0.05, 0) is 35.7 Å². The lowest BCUT2D eigenvalue weighted by Gasteiger charge is -2.18. The van der Waals surface area contributed by atoms with Crippen LogP contribution in [0.3, 0.4) is 0 Å². The summed E-state index contributed by atoms with van der Waals surface area (Å²) in [5, 5.41) is 29.1. The van der Waals surface area contributed by atoms with Crippen LogP contribution in [-0.4, -0.2) is 45.1 Å². The van der Waals surface area contributed by atoms with Crippen molar-refractivity contribution < 1.29 is 24.9 Å². The van der Waals surface area contributed by atoms with Crippen molar-refractivity contribution in [1.29, 1.82) is 0 Å². The third-order valence-electron chi connectivity index (χ3n) is 5.75. The number of hydrogen-bond donors (Lipinski definition) is 3. The third kappa shape index (κ3) is 5.13. The fourth-order valence-corrected chi connectivity index (χ4v) is 4.26. The minimum Gasteiger partial charge on any atom is -0.493 e. The molecule has 6 nitrogen and oxygen atoms in total. The van der Waals surface area contributed by atoms with Gasteiger partial charge in [-0.25, -0.2) is 0 Å². The Bertz CT molecular complexity index is 1170. The van der Waals surface area contributed by atoms with Crippen LogP contribution in [-0.2, 0) is 11.2 Å².